The maximum atomic E-state index is 13.0. The largest absolute Gasteiger partial charge is 0.362 e. The van der Waals surface area contributed by atoms with Crippen LogP contribution in [-0.2, 0) is 0 Å². The van der Waals surface area contributed by atoms with Gasteiger partial charge in [0.05, 0.1) is 5.02 Å². The molecule has 1 rings (SSSR count). The van der Waals surface area contributed by atoms with Gasteiger partial charge in [-0.3, -0.25) is 0 Å². The van der Waals surface area contributed by atoms with Crippen LogP contribution in [0, 0.1) is 5.82 Å². The predicted octanol–water partition coefficient (Wildman–Crippen LogP) is 5.13. The molecule has 0 spiro atoms. The van der Waals surface area contributed by atoms with Crippen molar-refractivity contribution in [2.24, 2.45) is 0 Å². The van der Waals surface area contributed by atoms with E-state index in [-0.39, 0.29) is 5.02 Å². The van der Waals surface area contributed by atoms with Crippen LogP contribution >= 0.6 is 23.8 Å². The summed E-state index contributed by atoms with van der Waals surface area (Å²) in [5.74, 6) is -0.428. The molecular weight excluding hydrogens is 295 g/mol. The molecule has 112 valence electrons. The monoisotopic (exact) mass is 316 g/mol. The molecule has 2 nitrogen and oxygen atoms in total. The Labute approximate surface area is 131 Å². The van der Waals surface area contributed by atoms with Crippen LogP contribution in [0.15, 0.2) is 18.2 Å². The van der Waals surface area contributed by atoms with E-state index < -0.39 is 5.82 Å². The standard InChI is InChI=1S/C15H22ClFN2S/c1-2-3-4-5-6-7-10-18-15(20)19-12-8-9-14(17)13(16)11-12/h8-9,11H,2-7,10H2,1H3,(H2,18,19,20). The van der Waals surface area contributed by atoms with Gasteiger partial charge < -0.3 is 10.6 Å². The summed E-state index contributed by atoms with van der Waals surface area (Å²) in [7, 11) is 0. The maximum absolute atomic E-state index is 13.0. The molecule has 0 aliphatic rings. The molecule has 0 unspecified atom stereocenters. The van der Waals surface area contributed by atoms with Gasteiger partial charge in [0.25, 0.3) is 0 Å². The van der Waals surface area contributed by atoms with Gasteiger partial charge in [0, 0.05) is 12.2 Å². The molecule has 0 aromatic heterocycles. The number of rotatable bonds is 8. The first kappa shape index (κ1) is 17.2. The average Bonchev–Trinajstić information content (AvgIpc) is 2.42. The van der Waals surface area contributed by atoms with Crippen molar-refractivity contribution < 1.29 is 4.39 Å². The van der Waals surface area contributed by atoms with Gasteiger partial charge in [-0.2, -0.15) is 0 Å². The van der Waals surface area contributed by atoms with Crippen molar-refractivity contribution in [2.75, 3.05) is 11.9 Å². The molecule has 0 fully saturated rings. The van der Waals surface area contributed by atoms with Crippen LogP contribution in [0.3, 0.4) is 0 Å². The Morgan fingerprint density at radius 1 is 1.20 bits per heavy atom. The van der Waals surface area contributed by atoms with Crippen molar-refractivity contribution in [1.82, 2.24) is 5.32 Å². The van der Waals surface area contributed by atoms with E-state index in [2.05, 4.69) is 17.6 Å². The Hall–Kier alpha value is -0.870. The van der Waals surface area contributed by atoms with Crippen LogP contribution in [0.2, 0.25) is 5.02 Å². The summed E-state index contributed by atoms with van der Waals surface area (Å²) >= 11 is 10.9. The van der Waals surface area contributed by atoms with E-state index in [1.807, 2.05) is 0 Å². The third-order valence-electron chi connectivity index (χ3n) is 2.99. The Morgan fingerprint density at radius 2 is 1.90 bits per heavy atom. The van der Waals surface area contributed by atoms with Gasteiger partial charge in [0.15, 0.2) is 5.11 Å². The highest BCUT2D eigenvalue weighted by Gasteiger charge is 2.02. The number of hydrogen-bond acceptors (Lipinski definition) is 1. The molecule has 1 aromatic carbocycles. The van der Waals surface area contributed by atoms with E-state index in [9.17, 15) is 4.39 Å². The maximum Gasteiger partial charge on any atom is 0.170 e. The fourth-order valence-electron chi connectivity index (χ4n) is 1.86. The molecule has 5 heteroatoms. The summed E-state index contributed by atoms with van der Waals surface area (Å²) in [4.78, 5) is 0. The number of unbranched alkanes of at least 4 members (excludes halogenated alkanes) is 5. The Kier molecular flexibility index (Phi) is 8.54. The molecule has 0 saturated carbocycles. The molecule has 20 heavy (non-hydrogen) atoms. The average molecular weight is 317 g/mol. The van der Waals surface area contributed by atoms with Crippen molar-refractivity contribution in [1.29, 1.82) is 0 Å². The smallest absolute Gasteiger partial charge is 0.170 e. The van der Waals surface area contributed by atoms with Crippen LogP contribution in [0.25, 0.3) is 0 Å². The topological polar surface area (TPSA) is 24.1 Å². The lowest BCUT2D eigenvalue weighted by Crippen LogP contribution is -2.29. The number of anilines is 1. The zero-order chi connectivity index (χ0) is 14.8. The second kappa shape index (κ2) is 9.94. The second-order valence-corrected chi connectivity index (χ2v) is 5.59. The molecule has 1 aromatic rings. The van der Waals surface area contributed by atoms with Crippen molar-refractivity contribution in [3.63, 3.8) is 0 Å². The molecule has 0 radical (unpaired) electrons. The second-order valence-electron chi connectivity index (χ2n) is 4.78. The highest BCUT2D eigenvalue weighted by molar-refractivity contribution is 7.80. The molecule has 0 heterocycles. The van der Waals surface area contributed by atoms with Gasteiger partial charge >= 0.3 is 0 Å². The van der Waals surface area contributed by atoms with Crippen LogP contribution in [-0.4, -0.2) is 11.7 Å². The van der Waals surface area contributed by atoms with E-state index in [1.165, 1.54) is 44.2 Å². The summed E-state index contributed by atoms with van der Waals surface area (Å²) in [5, 5.41) is 6.76. The molecule has 0 saturated heterocycles. The third kappa shape index (κ3) is 7.06. The summed E-state index contributed by atoms with van der Waals surface area (Å²) in [6.07, 6.45) is 7.51. The van der Waals surface area contributed by atoms with Gasteiger partial charge in [-0.1, -0.05) is 50.6 Å². The Morgan fingerprint density at radius 3 is 2.60 bits per heavy atom. The van der Waals surface area contributed by atoms with Gasteiger partial charge in [0.1, 0.15) is 5.82 Å². The summed E-state index contributed by atoms with van der Waals surface area (Å²) in [6, 6.07) is 4.45. The van der Waals surface area contributed by atoms with E-state index in [0.717, 1.165) is 13.0 Å². The quantitative estimate of drug-likeness (QED) is 0.514. The van der Waals surface area contributed by atoms with Gasteiger partial charge in [-0.05, 0) is 36.8 Å². The highest BCUT2D eigenvalue weighted by Crippen LogP contribution is 2.19. The van der Waals surface area contributed by atoms with Gasteiger partial charge in [-0.15, -0.1) is 0 Å². The fourth-order valence-corrected chi connectivity index (χ4v) is 2.26. The lowest BCUT2D eigenvalue weighted by Gasteiger charge is -2.10. The summed E-state index contributed by atoms with van der Waals surface area (Å²) in [6.45, 7) is 3.07. The molecule has 0 aliphatic heterocycles. The van der Waals surface area contributed by atoms with Crippen LogP contribution < -0.4 is 10.6 Å². The highest BCUT2D eigenvalue weighted by atomic mass is 35.5. The molecule has 0 atom stereocenters. The first-order chi connectivity index (χ1) is 9.63. The lowest BCUT2D eigenvalue weighted by atomic mass is 10.1. The van der Waals surface area contributed by atoms with Crippen molar-refractivity contribution in [2.45, 2.75) is 45.4 Å². The number of thiocarbonyl (C=S) groups is 1. The van der Waals surface area contributed by atoms with Crippen LogP contribution in [0.4, 0.5) is 10.1 Å². The van der Waals surface area contributed by atoms with E-state index in [1.54, 1.807) is 6.07 Å². The number of halogens is 2. The predicted molar refractivity (Wildman–Crippen MR) is 89.0 cm³/mol. The Balaban J connectivity index is 2.15. The van der Waals surface area contributed by atoms with Gasteiger partial charge in [-0.25, -0.2) is 4.39 Å². The molecule has 2 N–H and O–H groups in total. The van der Waals surface area contributed by atoms with Gasteiger partial charge in [0.2, 0.25) is 0 Å². The van der Waals surface area contributed by atoms with Crippen LogP contribution in [0.5, 0.6) is 0 Å². The number of nitrogens with one attached hydrogen (secondary N) is 2. The minimum absolute atomic E-state index is 0.0914. The van der Waals surface area contributed by atoms with E-state index in [0.29, 0.717) is 10.8 Å². The number of benzene rings is 1. The normalized spacial score (nSPS) is 10.3. The third-order valence-corrected chi connectivity index (χ3v) is 3.53. The number of hydrogen-bond donors (Lipinski definition) is 2. The molecule has 0 aliphatic carbocycles. The minimum atomic E-state index is -0.428. The zero-order valence-electron chi connectivity index (χ0n) is 11.8. The molecule has 0 bridgehead atoms. The Bertz CT molecular complexity index is 426. The molecular formula is C15H22ClFN2S. The SMILES string of the molecule is CCCCCCCCNC(=S)Nc1ccc(F)c(Cl)c1. The van der Waals surface area contributed by atoms with Crippen molar-refractivity contribution >= 4 is 34.6 Å². The summed E-state index contributed by atoms with van der Waals surface area (Å²) < 4.78 is 13.0. The first-order valence-corrected chi connectivity index (χ1v) is 7.92. The van der Waals surface area contributed by atoms with E-state index >= 15 is 0 Å². The molecule has 0 amide bonds. The first-order valence-electron chi connectivity index (χ1n) is 7.13. The fraction of sp³-hybridized carbons (Fsp3) is 0.533. The van der Waals surface area contributed by atoms with Crippen molar-refractivity contribution in [3.8, 4) is 0 Å². The van der Waals surface area contributed by atoms with E-state index in [4.69, 9.17) is 23.8 Å². The lowest BCUT2D eigenvalue weighted by molar-refractivity contribution is 0.603. The van der Waals surface area contributed by atoms with Crippen LogP contribution in [0.1, 0.15) is 45.4 Å². The minimum Gasteiger partial charge on any atom is -0.362 e. The zero-order valence-corrected chi connectivity index (χ0v) is 13.4. The summed E-state index contributed by atoms with van der Waals surface area (Å²) in [5.41, 5.74) is 0.692. The van der Waals surface area contributed by atoms with Crippen molar-refractivity contribution in [3.05, 3.63) is 29.0 Å².